The minimum absolute atomic E-state index is 0.147. The van der Waals surface area contributed by atoms with Crippen LogP contribution in [0.5, 0.6) is 17.2 Å². The first-order chi connectivity index (χ1) is 13.7. The number of hydrogen-bond donors (Lipinski definition) is 1. The van der Waals surface area contributed by atoms with Crippen molar-refractivity contribution >= 4 is 0 Å². The van der Waals surface area contributed by atoms with E-state index in [0.29, 0.717) is 0 Å². The van der Waals surface area contributed by atoms with Gasteiger partial charge in [-0.25, -0.2) is 0 Å². The van der Waals surface area contributed by atoms with Gasteiger partial charge in [0, 0.05) is 13.1 Å². The second kappa shape index (κ2) is 9.80. The Hall–Kier alpha value is -2.24. The molecule has 0 radical (unpaired) electrons. The molecular weight excluding hydrogens is 352 g/mol. The summed E-state index contributed by atoms with van der Waals surface area (Å²) in [5, 5.41) is 3.63. The third kappa shape index (κ3) is 4.59. The van der Waals surface area contributed by atoms with Gasteiger partial charge in [0.15, 0.2) is 11.5 Å². The zero-order valence-electron chi connectivity index (χ0n) is 17.5. The van der Waals surface area contributed by atoms with Crippen LogP contribution >= 0.6 is 0 Å². The van der Waals surface area contributed by atoms with Crippen LogP contribution in [-0.4, -0.2) is 51.9 Å². The SMILES string of the molecule is CCN(CC)CCOc1ccc2c(c1)CCNC2c1ccc(OC)c(OC)c1. The molecule has 0 spiro atoms. The molecule has 0 bridgehead atoms. The number of hydrogen-bond acceptors (Lipinski definition) is 5. The van der Waals surface area contributed by atoms with Gasteiger partial charge >= 0.3 is 0 Å². The van der Waals surface area contributed by atoms with Crippen LogP contribution in [0.25, 0.3) is 0 Å². The number of methoxy groups -OCH3 is 2. The third-order valence-electron chi connectivity index (χ3n) is 5.48. The highest BCUT2D eigenvalue weighted by atomic mass is 16.5. The Morgan fingerprint density at radius 1 is 1.00 bits per heavy atom. The average Bonchev–Trinajstić information content (AvgIpc) is 2.75. The van der Waals surface area contributed by atoms with Crippen molar-refractivity contribution in [1.82, 2.24) is 10.2 Å². The fourth-order valence-electron chi connectivity index (χ4n) is 3.79. The van der Waals surface area contributed by atoms with Crippen molar-refractivity contribution in [1.29, 1.82) is 0 Å². The molecule has 1 heterocycles. The van der Waals surface area contributed by atoms with Gasteiger partial charge in [-0.1, -0.05) is 26.0 Å². The molecule has 1 aliphatic rings. The first-order valence-corrected chi connectivity index (χ1v) is 10.1. The molecule has 1 aliphatic heterocycles. The van der Waals surface area contributed by atoms with Gasteiger partial charge in [0.25, 0.3) is 0 Å². The summed E-state index contributed by atoms with van der Waals surface area (Å²) in [6.45, 7) is 9.10. The number of ether oxygens (including phenoxy) is 3. The smallest absolute Gasteiger partial charge is 0.161 e. The fourth-order valence-corrected chi connectivity index (χ4v) is 3.79. The molecule has 0 saturated heterocycles. The molecule has 1 N–H and O–H groups in total. The van der Waals surface area contributed by atoms with Crippen LogP contribution in [-0.2, 0) is 6.42 Å². The van der Waals surface area contributed by atoms with E-state index in [2.05, 4.69) is 54.4 Å². The molecule has 0 aromatic heterocycles. The van der Waals surface area contributed by atoms with E-state index in [1.807, 2.05) is 6.07 Å². The lowest BCUT2D eigenvalue weighted by Crippen LogP contribution is -2.30. The molecule has 2 aromatic carbocycles. The Kier molecular flexibility index (Phi) is 7.18. The van der Waals surface area contributed by atoms with Gasteiger partial charge in [-0.15, -0.1) is 0 Å². The summed E-state index contributed by atoms with van der Waals surface area (Å²) in [7, 11) is 3.33. The molecule has 152 valence electrons. The first kappa shape index (κ1) is 20.5. The van der Waals surface area contributed by atoms with Crippen molar-refractivity contribution in [2.45, 2.75) is 26.3 Å². The van der Waals surface area contributed by atoms with Gasteiger partial charge in [0.1, 0.15) is 12.4 Å². The Labute approximate surface area is 168 Å². The minimum Gasteiger partial charge on any atom is -0.493 e. The van der Waals surface area contributed by atoms with E-state index in [-0.39, 0.29) is 6.04 Å². The molecule has 5 nitrogen and oxygen atoms in total. The fraction of sp³-hybridized carbons (Fsp3) is 0.478. The monoisotopic (exact) mass is 384 g/mol. The second-order valence-corrected chi connectivity index (χ2v) is 6.99. The van der Waals surface area contributed by atoms with Crippen LogP contribution in [0.3, 0.4) is 0 Å². The molecule has 0 fully saturated rings. The highest BCUT2D eigenvalue weighted by molar-refractivity contribution is 5.49. The maximum absolute atomic E-state index is 6.02. The van der Waals surface area contributed by atoms with Gasteiger partial charge in [-0.3, -0.25) is 0 Å². The van der Waals surface area contributed by atoms with Crippen LogP contribution in [0.4, 0.5) is 0 Å². The summed E-state index contributed by atoms with van der Waals surface area (Å²) in [4.78, 5) is 2.37. The van der Waals surface area contributed by atoms with E-state index < -0.39 is 0 Å². The van der Waals surface area contributed by atoms with E-state index in [0.717, 1.165) is 56.5 Å². The van der Waals surface area contributed by atoms with Crippen molar-refractivity contribution in [2.75, 3.05) is 47.0 Å². The summed E-state index contributed by atoms with van der Waals surface area (Å²) in [6, 6.07) is 12.7. The van der Waals surface area contributed by atoms with Crippen molar-refractivity contribution in [3.05, 3.63) is 53.1 Å². The number of nitrogens with zero attached hydrogens (tertiary/aromatic N) is 1. The lowest BCUT2D eigenvalue weighted by atomic mass is 9.89. The van der Waals surface area contributed by atoms with Crippen molar-refractivity contribution < 1.29 is 14.2 Å². The van der Waals surface area contributed by atoms with Crippen LogP contribution in [0.1, 0.15) is 36.6 Å². The molecule has 0 aliphatic carbocycles. The number of fused-ring (bicyclic) bond motifs is 1. The van der Waals surface area contributed by atoms with E-state index in [1.54, 1.807) is 14.2 Å². The standard InChI is InChI=1S/C23H32N2O3/c1-5-25(6-2)13-14-28-19-8-9-20-17(15-19)11-12-24-23(20)18-7-10-21(26-3)22(16-18)27-4/h7-10,15-16,23-24H,5-6,11-14H2,1-4H3. The van der Waals surface area contributed by atoms with Gasteiger partial charge < -0.3 is 24.4 Å². The summed E-state index contributed by atoms with van der Waals surface area (Å²) >= 11 is 0. The van der Waals surface area contributed by atoms with Crippen LogP contribution in [0.15, 0.2) is 36.4 Å². The van der Waals surface area contributed by atoms with Gasteiger partial charge in [0.05, 0.1) is 20.3 Å². The molecule has 28 heavy (non-hydrogen) atoms. The molecule has 5 heteroatoms. The van der Waals surface area contributed by atoms with Crippen molar-refractivity contribution in [2.24, 2.45) is 0 Å². The lowest BCUT2D eigenvalue weighted by molar-refractivity contribution is 0.222. The first-order valence-electron chi connectivity index (χ1n) is 10.1. The summed E-state index contributed by atoms with van der Waals surface area (Å²) in [6.07, 6.45) is 1.01. The van der Waals surface area contributed by atoms with Crippen molar-refractivity contribution in [3.63, 3.8) is 0 Å². The highest BCUT2D eigenvalue weighted by Gasteiger charge is 2.23. The Morgan fingerprint density at radius 2 is 1.79 bits per heavy atom. The molecular formula is C23H32N2O3. The molecule has 3 rings (SSSR count). The van der Waals surface area contributed by atoms with Gasteiger partial charge in [-0.05, 0) is 60.5 Å². The van der Waals surface area contributed by atoms with E-state index >= 15 is 0 Å². The van der Waals surface area contributed by atoms with Crippen molar-refractivity contribution in [3.8, 4) is 17.2 Å². The van der Waals surface area contributed by atoms with Crippen LogP contribution in [0.2, 0.25) is 0 Å². The maximum Gasteiger partial charge on any atom is 0.161 e. The Morgan fingerprint density at radius 3 is 2.50 bits per heavy atom. The Bertz CT molecular complexity index is 774. The number of likely N-dealkylation sites (N-methyl/N-ethyl adjacent to an activating group) is 1. The normalized spacial score (nSPS) is 16.0. The van der Waals surface area contributed by atoms with Gasteiger partial charge in [0.2, 0.25) is 0 Å². The zero-order chi connectivity index (χ0) is 19.9. The van der Waals surface area contributed by atoms with E-state index in [4.69, 9.17) is 14.2 Å². The molecule has 1 atom stereocenters. The van der Waals surface area contributed by atoms with Crippen LogP contribution in [0, 0.1) is 0 Å². The zero-order valence-corrected chi connectivity index (χ0v) is 17.5. The Balaban J connectivity index is 1.76. The molecule has 1 unspecified atom stereocenters. The maximum atomic E-state index is 6.02. The summed E-state index contributed by atoms with van der Waals surface area (Å²) < 4.78 is 16.9. The van der Waals surface area contributed by atoms with E-state index in [9.17, 15) is 0 Å². The predicted molar refractivity (Wildman–Crippen MR) is 113 cm³/mol. The molecule has 0 saturated carbocycles. The van der Waals surface area contributed by atoms with Gasteiger partial charge in [-0.2, -0.15) is 0 Å². The quantitative estimate of drug-likeness (QED) is 0.715. The second-order valence-electron chi connectivity index (χ2n) is 6.99. The largest absolute Gasteiger partial charge is 0.493 e. The topological polar surface area (TPSA) is 43.0 Å². The average molecular weight is 385 g/mol. The lowest BCUT2D eigenvalue weighted by Gasteiger charge is -2.28. The highest BCUT2D eigenvalue weighted by Crippen LogP contribution is 2.35. The van der Waals surface area contributed by atoms with E-state index in [1.165, 1.54) is 16.7 Å². The minimum atomic E-state index is 0.147. The summed E-state index contributed by atoms with van der Waals surface area (Å²) in [5.41, 5.74) is 3.82. The number of nitrogens with one attached hydrogen (secondary N) is 1. The van der Waals surface area contributed by atoms with Crippen LogP contribution < -0.4 is 19.5 Å². The summed E-state index contributed by atoms with van der Waals surface area (Å²) in [5.74, 6) is 2.46. The number of benzene rings is 2. The molecule has 0 amide bonds. The number of rotatable bonds is 9. The predicted octanol–water partition coefficient (Wildman–Crippen LogP) is 3.66. The molecule has 2 aromatic rings. The third-order valence-corrected chi connectivity index (χ3v) is 5.48.